The Kier molecular flexibility index (Phi) is 6.03. The van der Waals surface area contributed by atoms with Crippen molar-refractivity contribution in [1.29, 1.82) is 0 Å². The average molecular weight is 498 g/mol. The summed E-state index contributed by atoms with van der Waals surface area (Å²) in [6.45, 7) is 1.61. The van der Waals surface area contributed by atoms with Gasteiger partial charge in [0.15, 0.2) is 0 Å². The summed E-state index contributed by atoms with van der Waals surface area (Å²) in [6, 6.07) is 7.85. The number of alkyl halides is 2. The third-order valence-electron chi connectivity index (χ3n) is 6.35. The van der Waals surface area contributed by atoms with Crippen LogP contribution in [0.4, 0.5) is 13.2 Å². The van der Waals surface area contributed by atoms with Gasteiger partial charge >= 0.3 is 0 Å². The summed E-state index contributed by atoms with van der Waals surface area (Å²) in [6.07, 6.45) is 3.01. The van der Waals surface area contributed by atoms with Gasteiger partial charge in [-0.1, -0.05) is 23.7 Å². The average Bonchev–Trinajstić information content (AvgIpc) is 3.38. The van der Waals surface area contributed by atoms with Crippen molar-refractivity contribution in [3.63, 3.8) is 0 Å². The Morgan fingerprint density at radius 2 is 2.00 bits per heavy atom. The fourth-order valence-corrected chi connectivity index (χ4v) is 6.10. The van der Waals surface area contributed by atoms with E-state index >= 15 is 0 Å². The lowest BCUT2D eigenvalue weighted by atomic mass is 9.84. The maximum absolute atomic E-state index is 14.4. The SMILES string of the molecule is COCc1nn(-c2ccccc2F)cc1CN1CCC2(CC1)OCC(F)(F)c1cc(Cl)sc12. The smallest absolute Gasteiger partial charge is 0.297 e. The lowest BCUT2D eigenvalue weighted by Gasteiger charge is -2.45. The molecule has 33 heavy (non-hydrogen) atoms. The molecule has 0 atom stereocenters. The van der Waals surface area contributed by atoms with E-state index < -0.39 is 18.1 Å². The third kappa shape index (κ3) is 4.21. The number of aromatic nitrogens is 2. The van der Waals surface area contributed by atoms with E-state index in [9.17, 15) is 13.2 Å². The lowest BCUT2D eigenvalue weighted by molar-refractivity contribution is -0.182. The van der Waals surface area contributed by atoms with Gasteiger partial charge in [-0.15, -0.1) is 11.3 Å². The second-order valence-corrected chi connectivity index (χ2v) is 10.2. The van der Waals surface area contributed by atoms with Crippen molar-refractivity contribution in [3.8, 4) is 5.69 Å². The molecule has 0 radical (unpaired) electrons. The van der Waals surface area contributed by atoms with Crippen molar-refractivity contribution in [2.75, 3.05) is 26.8 Å². The van der Waals surface area contributed by atoms with Crippen LogP contribution >= 0.6 is 22.9 Å². The predicted octanol–water partition coefficient (Wildman–Crippen LogP) is 5.49. The summed E-state index contributed by atoms with van der Waals surface area (Å²) in [5, 5.41) is 4.53. The molecule has 0 amide bonds. The molecule has 5 rings (SSSR count). The molecule has 0 unspecified atom stereocenters. The quantitative estimate of drug-likeness (QED) is 0.467. The maximum Gasteiger partial charge on any atom is 0.297 e. The largest absolute Gasteiger partial charge is 0.378 e. The van der Waals surface area contributed by atoms with Crippen molar-refractivity contribution in [3.05, 3.63) is 68.4 Å². The number of piperidine rings is 1. The maximum atomic E-state index is 14.4. The standard InChI is InChI=1S/C23H23ClF3N3O2S/c1-31-13-18-15(12-30(28-18)19-5-3-2-4-17(19)25)11-29-8-6-22(7-9-29)21-16(10-20(24)33-21)23(26,27)14-32-22/h2-5,10,12H,6-9,11,13-14H2,1H3. The lowest BCUT2D eigenvalue weighted by Crippen LogP contribution is -2.48. The highest BCUT2D eigenvalue weighted by Crippen LogP contribution is 2.52. The molecule has 10 heteroatoms. The number of rotatable bonds is 5. The van der Waals surface area contributed by atoms with Gasteiger partial charge in [0.25, 0.3) is 5.92 Å². The summed E-state index contributed by atoms with van der Waals surface area (Å²) in [7, 11) is 1.59. The number of methoxy groups -OCH3 is 1. The molecule has 0 N–H and O–H groups in total. The molecular formula is C23H23ClF3N3O2S. The van der Waals surface area contributed by atoms with Crippen LogP contribution in [0.3, 0.4) is 0 Å². The van der Waals surface area contributed by atoms with E-state index in [0.717, 1.165) is 11.3 Å². The topological polar surface area (TPSA) is 39.5 Å². The zero-order chi connectivity index (χ0) is 23.2. The predicted molar refractivity (Wildman–Crippen MR) is 120 cm³/mol. The minimum atomic E-state index is -3.02. The molecule has 176 valence electrons. The van der Waals surface area contributed by atoms with E-state index in [-0.39, 0.29) is 11.4 Å². The Labute approximate surface area is 198 Å². The molecule has 3 aromatic rings. The van der Waals surface area contributed by atoms with Gasteiger partial charge in [0.05, 0.1) is 16.6 Å². The molecule has 1 aromatic carbocycles. The summed E-state index contributed by atoms with van der Waals surface area (Å²) >= 11 is 7.29. The number of benzene rings is 1. The van der Waals surface area contributed by atoms with E-state index in [4.69, 9.17) is 21.1 Å². The first-order valence-electron chi connectivity index (χ1n) is 10.7. The van der Waals surface area contributed by atoms with Crippen LogP contribution in [0.2, 0.25) is 4.34 Å². The number of thiophene rings is 1. The number of fused-ring (bicyclic) bond motifs is 2. The Morgan fingerprint density at radius 1 is 1.24 bits per heavy atom. The second kappa shape index (κ2) is 8.70. The summed E-state index contributed by atoms with van der Waals surface area (Å²) in [4.78, 5) is 2.79. The van der Waals surface area contributed by atoms with Crippen LogP contribution in [0, 0.1) is 5.82 Å². The highest BCUT2D eigenvalue weighted by Gasteiger charge is 2.51. The normalized spacial score (nSPS) is 19.7. The highest BCUT2D eigenvalue weighted by molar-refractivity contribution is 7.16. The summed E-state index contributed by atoms with van der Waals surface area (Å²) in [5.74, 6) is -3.37. The third-order valence-corrected chi connectivity index (χ3v) is 7.80. The van der Waals surface area contributed by atoms with Crippen molar-refractivity contribution in [2.45, 2.75) is 37.5 Å². The van der Waals surface area contributed by atoms with Gasteiger partial charge in [-0.05, 0) is 31.0 Å². The number of likely N-dealkylation sites (tertiary alicyclic amines) is 1. The minimum Gasteiger partial charge on any atom is -0.378 e. The number of hydrogen-bond acceptors (Lipinski definition) is 5. The Morgan fingerprint density at radius 3 is 2.73 bits per heavy atom. The van der Waals surface area contributed by atoms with Gasteiger partial charge in [-0.2, -0.15) is 13.9 Å². The molecule has 1 saturated heterocycles. The Hall–Kier alpha value is -1.91. The number of nitrogens with zero attached hydrogens (tertiary/aromatic N) is 3. The van der Waals surface area contributed by atoms with E-state index in [2.05, 4.69) is 10.00 Å². The van der Waals surface area contributed by atoms with Gasteiger partial charge in [0, 0.05) is 48.9 Å². The Bertz CT molecular complexity index is 1160. The van der Waals surface area contributed by atoms with Crippen molar-refractivity contribution in [1.82, 2.24) is 14.7 Å². The fourth-order valence-electron chi connectivity index (χ4n) is 4.62. The monoisotopic (exact) mass is 497 g/mol. The van der Waals surface area contributed by atoms with E-state index in [0.29, 0.717) is 54.0 Å². The van der Waals surface area contributed by atoms with Crippen LogP contribution in [0.1, 0.15) is 34.5 Å². The molecule has 4 heterocycles. The van der Waals surface area contributed by atoms with Crippen LogP contribution in [0.15, 0.2) is 36.5 Å². The van der Waals surface area contributed by atoms with Gasteiger partial charge in [0.1, 0.15) is 23.7 Å². The van der Waals surface area contributed by atoms with Crippen molar-refractivity contribution < 1.29 is 22.6 Å². The molecule has 0 saturated carbocycles. The number of hydrogen-bond donors (Lipinski definition) is 0. The summed E-state index contributed by atoms with van der Waals surface area (Å²) < 4.78 is 56.0. The van der Waals surface area contributed by atoms with E-state index in [1.54, 1.807) is 25.3 Å². The number of halogens is 4. The van der Waals surface area contributed by atoms with Crippen LogP contribution in [0.25, 0.3) is 5.69 Å². The number of para-hydroxylation sites is 1. The molecule has 2 aromatic heterocycles. The minimum absolute atomic E-state index is 0.00532. The van der Waals surface area contributed by atoms with Crippen molar-refractivity contribution in [2.24, 2.45) is 0 Å². The van der Waals surface area contributed by atoms with Crippen LogP contribution in [0.5, 0.6) is 0 Å². The molecule has 0 aliphatic carbocycles. The van der Waals surface area contributed by atoms with Crippen molar-refractivity contribution >= 4 is 22.9 Å². The zero-order valence-corrected chi connectivity index (χ0v) is 19.6. The van der Waals surface area contributed by atoms with E-state index in [1.165, 1.54) is 28.2 Å². The van der Waals surface area contributed by atoms with Crippen LogP contribution in [-0.2, 0) is 34.1 Å². The second-order valence-electron chi connectivity index (χ2n) is 8.49. The van der Waals surface area contributed by atoms with Gasteiger partial charge in [-0.3, -0.25) is 4.90 Å². The molecule has 2 aliphatic rings. The van der Waals surface area contributed by atoms with Crippen LogP contribution < -0.4 is 0 Å². The van der Waals surface area contributed by atoms with E-state index in [1.807, 2.05) is 6.20 Å². The molecular weight excluding hydrogens is 475 g/mol. The molecule has 1 spiro atoms. The fraction of sp³-hybridized carbons (Fsp3) is 0.435. The van der Waals surface area contributed by atoms with Gasteiger partial charge < -0.3 is 9.47 Å². The van der Waals surface area contributed by atoms with Crippen LogP contribution in [-0.4, -0.2) is 41.5 Å². The van der Waals surface area contributed by atoms with Gasteiger partial charge in [0.2, 0.25) is 0 Å². The molecule has 0 bridgehead atoms. The molecule has 2 aliphatic heterocycles. The highest BCUT2D eigenvalue weighted by atomic mass is 35.5. The first-order chi connectivity index (χ1) is 15.8. The summed E-state index contributed by atoms with van der Waals surface area (Å²) in [5.41, 5.74) is 1.33. The Balaban J connectivity index is 1.34. The first-order valence-corrected chi connectivity index (χ1v) is 11.9. The molecule has 5 nitrogen and oxygen atoms in total. The number of ether oxygens (including phenoxy) is 2. The van der Waals surface area contributed by atoms with Gasteiger partial charge in [-0.25, -0.2) is 9.07 Å². The molecule has 1 fully saturated rings. The first kappa shape index (κ1) is 22.9. The zero-order valence-electron chi connectivity index (χ0n) is 18.0.